The molecule has 2 N–H and O–H groups in total. The minimum atomic E-state index is -3.40. The number of hydrogen-bond donors (Lipinski definition) is 2. The van der Waals surface area contributed by atoms with Crippen LogP contribution in [0, 0.1) is 0 Å². The van der Waals surface area contributed by atoms with Crippen LogP contribution in [0.1, 0.15) is 12.8 Å². The van der Waals surface area contributed by atoms with E-state index in [1.165, 1.54) is 10.8 Å². The summed E-state index contributed by atoms with van der Waals surface area (Å²) in [6.45, 7) is 0.832. The Kier molecular flexibility index (Phi) is 4.55. The fourth-order valence-electron chi connectivity index (χ4n) is 4.04. The van der Waals surface area contributed by atoms with Crippen molar-refractivity contribution in [1.29, 1.82) is 0 Å². The molecule has 1 aromatic carbocycles. The van der Waals surface area contributed by atoms with Crippen LogP contribution in [0.5, 0.6) is 0 Å². The summed E-state index contributed by atoms with van der Waals surface area (Å²) < 4.78 is 25.9. The van der Waals surface area contributed by atoms with Gasteiger partial charge in [-0.2, -0.15) is 0 Å². The van der Waals surface area contributed by atoms with Gasteiger partial charge in [0.1, 0.15) is 5.52 Å². The number of fused-ring (bicyclic) bond motifs is 1. The van der Waals surface area contributed by atoms with Crippen LogP contribution in [-0.4, -0.2) is 48.5 Å². The summed E-state index contributed by atoms with van der Waals surface area (Å²) >= 11 is 0. The zero-order chi connectivity index (χ0) is 20.1. The van der Waals surface area contributed by atoms with Crippen LogP contribution < -0.4 is 10.5 Å². The number of hydrogen-bond acceptors (Lipinski definition) is 5. The summed E-state index contributed by atoms with van der Waals surface area (Å²) in [7, 11) is -1.72. The van der Waals surface area contributed by atoms with Crippen molar-refractivity contribution in [2.75, 3.05) is 24.3 Å². The van der Waals surface area contributed by atoms with Gasteiger partial charge in [-0.25, -0.2) is 8.42 Å². The van der Waals surface area contributed by atoms with Crippen molar-refractivity contribution in [3.63, 3.8) is 0 Å². The van der Waals surface area contributed by atoms with Crippen molar-refractivity contribution in [3.8, 4) is 11.1 Å². The van der Waals surface area contributed by atoms with E-state index in [2.05, 4.69) is 9.88 Å². The molecule has 0 aliphatic carbocycles. The van der Waals surface area contributed by atoms with Gasteiger partial charge in [-0.3, -0.25) is 4.79 Å². The van der Waals surface area contributed by atoms with E-state index in [4.69, 9.17) is 0 Å². The van der Waals surface area contributed by atoms with E-state index in [0.29, 0.717) is 5.52 Å². The smallest absolute Gasteiger partial charge is 0.274 e. The normalized spacial score (nSPS) is 17.5. The second kappa shape index (κ2) is 6.79. The van der Waals surface area contributed by atoms with E-state index < -0.39 is 9.84 Å². The first-order valence-electron chi connectivity index (χ1n) is 9.20. The molecule has 3 aromatic rings. The second-order valence-electron chi connectivity index (χ2n) is 7.35. The fourth-order valence-corrected chi connectivity index (χ4v) is 4.69. The van der Waals surface area contributed by atoms with Crippen molar-refractivity contribution in [2.45, 2.75) is 23.8 Å². The van der Waals surface area contributed by atoms with Gasteiger partial charge in [-0.1, -0.05) is 0 Å². The van der Waals surface area contributed by atoms with Gasteiger partial charge in [0.2, 0.25) is 0 Å². The van der Waals surface area contributed by atoms with Gasteiger partial charge < -0.3 is 19.6 Å². The SMILES string of the molecule is Cn1cc(-c2cc(S(C)(=O)=O)ccc2N2CCCC2CO)c2cc[nH]c2c1=O. The number of aliphatic hydroxyl groups is 1. The lowest BCUT2D eigenvalue weighted by Gasteiger charge is -2.28. The minimum Gasteiger partial charge on any atom is -0.394 e. The molecule has 148 valence electrons. The molecule has 1 fully saturated rings. The van der Waals surface area contributed by atoms with Gasteiger partial charge >= 0.3 is 0 Å². The van der Waals surface area contributed by atoms with Crippen LogP contribution in [0.3, 0.4) is 0 Å². The Morgan fingerprint density at radius 1 is 1.25 bits per heavy atom. The van der Waals surface area contributed by atoms with Crippen LogP contribution in [0.4, 0.5) is 5.69 Å². The Balaban J connectivity index is 2.03. The highest BCUT2D eigenvalue weighted by Crippen LogP contribution is 2.39. The van der Waals surface area contributed by atoms with Gasteiger partial charge in [0.05, 0.1) is 17.5 Å². The summed E-state index contributed by atoms with van der Waals surface area (Å²) in [5, 5.41) is 10.5. The number of aromatic amines is 1. The quantitative estimate of drug-likeness (QED) is 0.696. The molecule has 0 spiro atoms. The van der Waals surface area contributed by atoms with Crippen molar-refractivity contribution >= 4 is 26.4 Å². The molecule has 1 saturated heterocycles. The third-order valence-electron chi connectivity index (χ3n) is 5.48. The summed E-state index contributed by atoms with van der Waals surface area (Å²) in [4.78, 5) is 17.8. The molecule has 2 aromatic heterocycles. The first-order chi connectivity index (χ1) is 13.3. The molecule has 28 heavy (non-hydrogen) atoms. The maximum atomic E-state index is 12.4. The number of sulfone groups is 1. The third kappa shape index (κ3) is 3.02. The molecule has 0 bridgehead atoms. The zero-order valence-corrected chi connectivity index (χ0v) is 16.7. The van der Waals surface area contributed by atoms with Gasteiger partial charge in [0.25, 0.3) is 5.56 Å². The van der Waals surface area contributed by atoms with Gasteiger partial charge in [0, 0.05) is 54.4 Å². The third-order valence-corrected chi connectivity index (χ3v) is 6.59. The largest absolute Gasteiger partial charge is 0.394 e. The number of anilines is 1. The molecule has 0 saturated carbocycles. The highest BCUT2D eigenvalue weighted by molar-refractivity contribution is 7.90. The molecular weight excluding hydrogens is 378 g/mol. The molecule has 8 heteroatoms. The summed E-state index contributed by atoms with van der Waals surface area (Å²) in [6.07, 6.45) is 6.49. The summed E-state index contributed by atoms with van der Waals surface area (Å²) in [6, 6.07) is 6.91. The Bertz CT molecular complexity index is 1210. The van der Waals surface area contributed by atoms with Gasteiger partial charge in [0.15, 0.2) is 9.84 Å². The number of H-pyrrole nitrogens is 1. The van der Waals surface area contributed by atoms with Crippen molar-refractivity contribution in [1.82, 2.24) is 9.55 Å². The van der Waals surface area contributed by atoms with Crippen LogP contribution in [0.15, 0.2) is 46.3 Å². The predicted octanol–water partition coefficient (Wildman–Crippen LogP) is 1.90. The minimum absolute atomic E-state index is 0.00270. The number of aromatic nitrogens is 2. The number of pyridine rings is 1. The summed E-state index contributed by atoms with van der Waals surface area (Å²) in [5.41, 5.74) is 2.73. The lowest BCUT2D eigenvalue weighted by molar-refractivity contribution is 0.266. The zero-order valence-electron chi connectivity index (χ0n) is 15.8. The van der Waals surface area contributed by atoms with E-state index in [0.717, 1.165) is 41.6 Å². The van der Waals surface area contributed by atoms with Crippen LogP contribution in [0.2, 0.25) is 0 Å². The van der Waals surface area contributed by atoms with E-state index in [1.54, 1.807) is 31.6 Å². The molecule has 3 heterocycles. The summed E-state index contributed by atoms with van der Waals surface area (Å²) in [5.74, 6) is 0. The lowest BCUT2D eigenvalue weighted by Crippen LogP contribution is -2.32. The second-order valence-corrected chi connectivity index (χ2v) is 9.36. The van der Waals surface area contributed by atoms with Crippen molar-refractivity contribution in [3.05, 3.63) is 47.0 Å². The Morgan fingerprint density at radius 3 is 2.75 bits per heavy atom. The number of nitrogens with one attached hydrogen (secondary N) is 1. The first-order valence-corrected chi connectivity index (χ1v) is 11.1. The molecule has 0 amide bonds. The van der Waals surface area contributed by atoms with Crippen molar-refractivity contribution in [2.24, 2.45) is 7.05 Å². The Labute approximate surface area is 163 Å². The highest BCUT2D eigenvalue weighted by Gasteiger charge is 2.27. The molecule has 1 unspecified atom stereocenters. The average Bonchev–Trinajstić information content (AvgIpc) is 3.32. The maximum Gasteiger partial charge on any atom is 0.274 e. The fraction of sp³-hybridized carbons (Fsp3) is 0.350. The molecule has 0 radical (unpaired) electrons. The highest BCUT2D eigenvalue weighted by atomic mass is 32.2. The van der Waals surface area contributed by atoms with E-state index in [9.17, 15) is 18.3 Å². The van der Waals surface area contributed by atoms with Crippen LogP contribution in [0.25, 0.3) is 22.0 Å². The van der Waals surface area contributed by atoms with E-state index in [-0.39, 0.29) is 23.1 Å². The standard InChI is InChI=1S/C20H23N3O4S/c1-22-11-17(15-7-8-21-19(15)20(22)25)16-10-14(28(2,26)27)5-6-18(16)23-9-3-4-13(23)12-24/h5-8,10-11,13,21,24H,3-4,9,12H2,1-2H3. The van der Waals surface area contributed by atoms with Crippen molar-refractivity contribution < 1.29 is 13.5 Å². The number of benzene rings is 1. The average molecular weight is 401 g/mol. The van der Waals surface area contributed by atoms with Gasteiger partial charge in [-0.15, -0.1) is 0 Å². The molecule has 1 aliphatic heterocycles. The van der Waals surface area contributed by atoms with E-state index >= 15 is 0 Å². The van der Waals surface area contributed by atoms with E-state index in [1.807, 2.05) is 12.1 Å². The number of aryl methyl sites for hydroxylation is 1. The topological polar surface area (TPSA) is 95.4 Å². The monoisotopic (exact) mass is 401 g/mol. The number of rotatable bonds is 4. The lowest BCUT2D eigenvalue weighted by atomic mass is 10.0. The van der Waals surface area contributed by atoms with Crippen LogP contribution >= 0.6 is 0 Å². The maximum absolute atomic E-state index is 12.4. The van der Waals surface area contributed by atoms with Gasteiger partial charge in [-0.05, 0) is 37.1 Å². The number of aliphatic hydroxyl groups excluding tert-OH is 1. The molecule has 4 rings (SSSR count). The molecule has 1 atom stereocenters. The predicted molar refractivity (Wildman–Crippen MR) is 110 cm³/mol. The number of nitrogens with zero attached hydrogens (tertiary/aromatic N) is 2. The van der Waals surface area contributed by atoms with Crippen LogP contribution in [-0.2, 0) is 16.9 Å². The Hall–Kier alpha value is -2.58. The first kappa shape index (κ1) is 18.8. The molecule has 1 aliphatic rings. The molecular formula is C20H23N3O4S. The Morgan fingerprint density at radius 2 is 2.04 bits per heavy atom. The molecule has 7 nitrogen and oxygen atoms in total.